The summed E-state index contributed by atoms with van der Waals surface area (Å²) in [6, 6.07) is 7.72. The molecule has 7 nitrogen and oxygen atoms in total. The fourth-order valence-corrected chi connectivity index (χ4v) is 3.95. The minimum absolute atomic E-state index is 0.101. The molecule has 0 spiro atoms. The molecular formula is C24H24F3N3O4. The predicted octanol–water partition coefficient (Wildman–Crippen LogP) is 4.63. The molecule has 0 saturated heterocycles. The Balaban J connectivity index is 1.53. The van der Waals surface area contributed by atoms with E-state index in [0.717, 1.165) is 17.7 Å². The number of anilines is 2. The van der Waals surface area contributed by atoms with Gasteiger partial charge in [0.25, 0.3) is 0 Å². The van der Waals surface area contributed by atoms with E-state index < -0.39 is 17.6 Å². The van der Waals surface area contributed by atoms with Crippen molar-refractivity contribution in [3.8, 4) is 5.75 Å². The van der Waals surface area contributed by atoms with Crippen LogP contribution in [0.3, 0.4) is 0 Å². The molecule has 0 fully saturated rings. The molecule has 0 bridgehead atoms. The van der Waals surface area contributed by atoms with E-state index in [-0.39, 0.29) is 31.0 Å². The molecule has 2 aliphatic rings. The Bertz CT molecular complexity index is 1150. The summed E-state index contributed by atoms with van der Waals surface area (Å²) < 4.78 is 44.7. The Hall–Kier alpha value is -3.53. The normalized spacial score (nSPS) is 17.7. The van der Waals surface area contributed by atoms with Crippen LogP contribution in [-0.4, -0.2) is 41.2 Å². The van der Waals surface area contributed by atoms with E-state index in [1.54, 1.807) is 25.1 Å². The molecule has 0 radical (unpaired) electrons. The SMILES string of the molecule is C[C@@H](CO)N1Cc2ccc(NC(=O)/C=C3\CCCOc4cc(C(F)(F)F)ccc43)cc2NC1=O. The maximum absolute atomic E-state index is 13.1. The molecule has 0 unspecified atom stereocenters. The largest absolute Gasteiger partial charge is 0.493 e. The first-order chi connectivity index (χ1) is 16.2. The number of amides is 3. The number of allylic oxidation sites excluding steroid dienone is 1. The summed E-state index contributed by atoms with van der Waals surface area (Å²) in [5.41, 5.74) is 2.09. The Morgan fingerprint density at radius 2 is 2.09 bits per heavy atom. The van der Waals surface area contributed by atoms with Crippen LogP contribution >= 0.6 is 0 Å². The first-order valence-electron chi connectivity index (χ1n) is 10.8. The summed E-state index contributed by atoms with van der Waals surface area (Å²) in [4.78, 5) is 26.5. The number of hydrogen-bond donors (Lipinski definition) is 3. The van der Waals surface area contributed by atoms with Crippen molar-refractivity contribution in [1.82, 2.24) is 4.90 Å². The highest BCUT2D eigenvalue weighted by atomic mass is 19.4. The monoisotopic (exact) mass is 475 g/mol. The third-order valence-electron chi connectivity index (χ3n) is 5.83. The highest BCUT2D eigenvalue weighted by Gasteiger charge is 2.32. The van der Waals surface area contributed by atoms with Gasteiger partial charge in [0.15, 0.2) is 0 Å². The number of nitrogens with one attached hydrogen (secondary N) is 2. The number of aliphatic hydroxyl groups excluding tert-OH is 1. The second kappa shape index (κ2) is 9.38. The van der Waals surface area contributed by atoms with Crippen molar-refractivity contribution >= 4 is 28.9 Å². The van der Waals surface area contributed by atoms with E-state index in [1.807, 2.05) is 0 Å². The average molecular weight is 475 g/mol. The summed E-state index contributed by atoms with van der Waals surface area (Å²) in [7, 11) is 0. The van der Waals surface area contributed by atoms with Gasteiger partial charge in [0.1, 0.15) is 5.75 Å². The van der Waals surface area contributed by atoms with Gasteiger partial charge in [-0.1, -0.05) is 12.1 Å². The van der Waals surface area contributed by atoms with Crippen molar-refractivity contribution in [1.29, 1.82) is 0 Å². The van der Waals surface area contributed by atoms with Crippen LogP contribution in [0, 0.1) is 0 Å². The van der Waals surface area contributed by atoms with E-state index in [1.165, 1.54) is 17.0 Å². The quantitative estimate of drug-likeness (QED) is 0.563. The topological polar surface area (TPSA) is 90.9 Å². The number of carbonyl (C=O) groups is 2. The van der Waals surface area contributed by atoms with Gasteiger partial charge in [0.05, 0.1) is 24.8 Å². The summed E-state index contributed by atoms with van der Waals surface area (Å²) in [6.45, 7) is 2.17. The number of benzene rings is 2. The molecule has 2 aliphatic heterocycles. The van der Waals surface area contributed by atoms with Crippen LogP contribution in [0.1, 0.15) is 36.5 Å². The van der Waals surface area contributed by atoms with Crippen LogP contribution in [0.5, 0.6) is 5.75 Å². The van der Waals surface area contributed by atoms with Crippen LogP contribution in [0.2, 0.25) is 0 Å². The van der Waals surface area contributed by atoms with Gasteiger partial charge in [-0.3, -0.25) is 4.79 Å². The minimum atomic E-state index is -4.49. The molecule has 1 atom stereocenters. The van der Waals surface area contributed by atoms with Crippen molar-refractivity contribution in [2.75, 3.05) is 23.8 Å². The van der Waals surface area contributed by atoms with E-state index >= 15 is 0 Å². The van der Waals surface area contributed by atoms with Crippen LogP contribution in [0.15, 0.2) is 42.5 Å². The van der Waals surface area contributed by atoms with Gasteiger partial charge >= 0.3 is 12.2 Å². The summed E-state index contributed by atoms with van der Waals surface area (Å²) in [5.74, 6) is -0.343. The lowest BCUT2D eigenvalue weighted by atomic mass is 9.99. The Morgan fingerprint density at radius 3 is 2.82 bits per heavy atom. The summed E-state index contributed by atoms with van der Waals surface area (Å²) in [5, 5.41) is 14.8. The molecule has 2 aromatic carbocycles. The number of hydrogen-bond acceptors (Lipinski definition) is 4. The maximum Gasteiger partial charge on any atom is 0.416 e. The van der Waals surface area contributed by atoms with Gasteiger partial charge in [-0.15, -0.1) is 0 Å². The highest BCUT2D eigenvalue weighted by molar-refractivity contribution is 6.05. The lowest BCUT2D eigenvalue weighted by molar-refractivity contribution is -0.137. The van der Waals surface area contributed by atoms with Crippen molar-refractivity contribution in [2.45, 2.75) is 38.5 Å². The molecule has 4 rings (SSSR count). The molecule has 10 heteroatoms. The van der Waals surface area contributed by atoms with Gasteiger partial charge in [-0.05, 0) is 55.2 Å². The molecule has 3 amide bonds. The van der Waals surface area contributed by atoms with Gasteiger partial charge < -0.3 is 25.4 Å². The number of nitrogens with zero attached hydrogens (tertiary/aromatic N) is 1. The second-order valence-electron chi connectivity index (χ2n) is 8.28. The third-order valence-corrected chi connectivity index (χ3v) is 5.83. The number of aliphatic hydroxyl groups is 1. The van der Waals surface area contributed by atoms with E-state index in [2.05, 4.69) is 10.6 Å². The zero-order valence-corrected chi connectivity index (χ0v) is 18.4. The number of carbonyl (C=O) groups excluding carboxylic acids is 2. The van der Waals surface area contributed by atoms with Gasteiger partial charge in [-0.2, -0.15) is 13.2 Å². The number of fused-ring (bicyclic) bond motifs is 2. The Kier molecular flexibility index (Phi) is 6.52. The van der Waals surface area contributed by atoms with Crippen molar-refractivity contribution in [3.05, 3.63) is 59.2 Å². The number of rotatable bonds is 4. The first kappa shape index (κ1) is 23.6. The second-order valence-corrected chi connectivity index (χ2v) is 8.28. The zero-order valence-electron chi connectivity index (χ0n) is 18.4. The van der Waals surface area contributed by atoms with Crippen LogP contribution in [0.25, 0.3) is 5.57 Å². The molecule has 2 aromatic rings. The molecule has 34 heavy (non-hydrogen) atoms. The zero-order chi connectivity index (χ0) is 24.5. The number of alkyl halides is 3. The van der Waals surface area contributed by atoms with E-state index in [0.29, 0.717) is 41.9 Å². The standard InChI is InChI=1S/C24H24F3N3O4/c1-14(13-31)30-12-16-4-6-18(11-20(16)29-23(30)33)28-22(32)9-15-3-2-8-34-21-10-17(24(25,26)27)5-7-19(15)21/h4-7,9-11,14,31H,2-3,8,12-13H2,1H3,(H,28,32)(H,29,33)/b15-9+/t14-/m0/s1. The fraction of sp³-hybridized carbons (Fsp3) is 0.333. The first-order valence-corrected chi connectivity index (χ1v) is 10.8. The lowest BCUT2D eigenvalue weighted by Gasteiger charge is -2.33. The van der Waals surface area contributed by atoms with Crippen LogP contribution in [-0.2, 0) is 17.5 Å². The fourth-order valence-electron chi connectivity index (χ4n) is 3.95. The molecule has 0 aromatic heterocycles. The Labute approximate surface area is 194 Å². The molecule has 180 valence electrons. The van der Waals surface area contributed by atoms with Crippen molar-refractivity contribution in [3.63, 3.8) is 0 Å². The highest BCUT2D eigenvalue weighted by Crippen LogP contribution is 2.38. The van der Waals surface area contributed by atoms with Crippen LogP contribution in [0.4, 0.5) is 29.3 Å². The van der Waals surface area contributed by atoms with E-state index in [9.17, 15) is 27.9 Å². The van der Waals surface area contributed by atoms with Crippen LogP contribution < -0.4 is 15.4 Å². The van der Waals surface area contributed by atoms with Crippen molar-refractivity contribution < 1.29 is 32.6 Å². The summed E-state index contributed by atoms with van der Waals surface area (Å²) in [6.07, 6.45) is -2.09. The summed E-state index contributed by atoms with van der Waals surface area (Å²) >= 11 is 0. The minimum Gasteiger partial charge on any atom is -0.493 e. The number of urea groups is 1. The average Bonchev–Trinajstić information content (AvgIpc) is 2.99. The lowest BCUT2D eigenvalue weighted by Crippen LogP contribution is -2.45. The van der Waals surface area contributed by atoms with Gasteiger partial charge in [0.2, 0.25) is 5.91 Å². The van der Waals surface area contributed by atoms with Gasteiger partial charge in [0, 0.05) is 29.6 Å². The molecular weight excluding hydrogens is 451 g/mol. The number of ether oxygens (including phenoxy) is 1. The molecule has 0 aliphatic carbocycles. The van der Waals surface area contributed by atoms with Crippen molar-refractivity contribution in [2.24, 2.45) is 0 Å². The third kappa shape index (κ3) is 5.01. The predicted molar refractivity (Wildman–Crippen MR) is 120 cm³/mol. The molecule has 0 saturated carbocycles. The Morgan fingerprint density at radius 1 is 1.29 bits per heavy atom. The maximum atomic E-state index is 13.1. The smallest absolute Gasteiger partial charge is 0.416 e. The number of halogens is 3. The van der Waals surface area contributed by atoms with E-state index in [4.69, 9.17) is 4.74 Å². The van der Waals surface area contributed by atoms with Gasteiger partial charge in [-0.25, -0.2) is 4.79 Å². The molecule has 2 heterocycles. The molecule has 3 N–H and O–H groups in total.